The third kappa shape index (κ3) is 2.92. The highest BCUT2D eigenvalue weighted by molar-refractivity contribution is 5.89. The van der Waals surface area contributed by atoms with E-state index in [0.29, 0.717) is 40.4 Å². The fourth-order valence-corrected chi connectivity index (χ4v) is 2.78. The first-order valence-corrected chi connectivity index (χ1v) is 8.08. The number of aromatic nitrogens is 2. The number of nitrogens with zero attached hydrogens (tertiary/aromatic N) is 2. The summed E-state index contributed by atoms with van der Waals surface area (Å²) in [5, 5.41) is 0.371. The lowest BCUT2D eigenvalue weighted by molar-refractivity contribution is 0.326. The van der Waals surface area contributed by atoms with E-state index in [4.69, 9.17) is 18.9 Å². The van der Waals surface area contributed by atoms with Gasteiger partial charge >= 0.3 is 0 Å². The predicted octanol–water partition coefficient (Wildman–Crippen LogP) is 2.81. The lowest BCUT2D eigenvalue weighted by Gasteiger charge is -2.15. The summed E-state index contributed by atoms with van der Waals surface area (Å²) in [5.41, 5.74) is 0.859. The maximum absolute atomic E-state index is 13.0. The highest BCUT2D eigenvalue weighted by Crippen LogP contribution is 2.41. The molecule has 136 valence electrons. The third-order valence-electron chi connectivity index (χ3n) is 3.98. The molecule has 0 aliphatic carbocycles. The highest BCUT2D eigenvalue weighted by atomic mass is 16.5. The van der Waals surface area contributed by atoms with Gasteiger partial charge in [-0.05, 0) is 37.3 Å². The maximum atomic E-state index is 13.0. The molecule has 0 fully saturated rings. The number of benzene rings is 2. The van der Waals surface area contributed by atoms with E-state index in [-0.39, 0.29) is 5.56 Å². The van der Waals surface area contributed by atoms with Crippen LogP contribution in [-0.2, 0) is 0 Å². The second kappa shape index (κ2) is 7.35. The number of hydrogen-bond donors (Lipinski definition) is 0. The number of ether oxygens (including phenoxy) is 4. The molecule has 1 heterocycles. The molecule has 0 aliphatic rings. The Hall–Kier alpha value is -3.22. The average molecular weight is 356 g/mol. The second-order valence-corrected chi connectivity index (χ2v) is 5.39. The van der Waals surface area contributed by atoms with Gasteiger partial charge in [0.15, 0.2) is 11.5 Å². The summed E-state index contributed by atoms with van der Waals surface area (Å²) in [5.74, 6) is 1.90. The van der Waals surface area contributed by atoms with Crippen LogP contribution >= 0.6 is 0 Å². The van der Waals surface area contributed by atoms with Gasteiger partial charge in [0.1, 0.15) is 17.6 Å². The van der Waals surface area contributed by atoms with Gasteiger partial charge in [-0.2, -0.15) is 0 Å². The Morgan fingerprint density at radius 3 is 2.27 bits per heavy atom. The van der Waals surface area contributed by atoms with E-state index in [2.05, 4.69) is 4.98 Å². The molecule has 1 aromatic heterocycles. The van der Waals surface area contributed by atoms with Crippen LogP contribution in [0.1, 0.15) is 6.92 Å². The van der Waals surface area contributed by atoms with Crippen LogP contribution in [0, 0.1) is 0 Å². The summed E-state index contributed by atoms with van der Waals surface area (Å²) in [6.45, 7) is 2.50. The Morgan fingerprint density at radius 2 is 1.69 bits per heavy atom. The van der Waals surface area contributed by atoms with E-state index in [9.17, 15) is 4.79 Å². The van der Waals surface area contributed by atoms with Crippen LogP contribution in [0.5, 0.6) is 23.0 Å². The molecule has 0 N–H and O–H groups in total. The van der Waals surface area contributed by atoms with Crippen LogP contribution in [0.3, 0.4) is 0 Å². The molecule has 2 aromatic carbocycles. The van der Waals surface area contributed by atoms with E-state index >= 15 is 0 Å². The van der Waals surface area contributed by atoms with Crippen molar-refractivity contribution in [3.05, 3.63) is 47.0 Å². The molecule has 0 bridgehead atoms. The quantitative estimate of drug-likeness (QED) is 0.676. The largest absolute Gasteiger partial charge is 0.494 e. The first kappa shape index (κ1) is 17.6. The average Bonchev–Trinajstić information content (AvgIpc) is 2.68. The minimum atomic E-state index is -0.238. The van der Waals surface area contributed by atoms with Crippen LogP contribution in [0.15, 0.2) is 41.5 Å². The number of methoxy groups -OCH3 is 3. The van der Waals surface area contributed by atoms with Crippen molar-refractivity contribution in [3.63, 3.8) is 0 Å². The molecule has 0 spiro atoms. The lowest BCUT2D eigenvalue weighted by Crippen LogP contribution is -2.19. The maximum Gasteiger partial charge on any atom is 0.266 e. The van der Waals surface area contributed by atoms with Crippen molar-refractivity contribution in [2.45, 2.75) is 6.92 Å². The molecule has 7 heteroatoms. The van der Waals surface area contributed by atoms with E-state index in [1.54, 1.807) is 18.2 Å². The Bertz CT molecular complexity index is 980. The summed E-state index contributed by atoms with van der Waals surface area (Å²) in [6.07, 6.45) is 1.47. The van der Waals surface area contributed by atoms with E-state index in [0.717, 1.165) is 5.75 Å². The van der Waals surface area contributed by atoms with Gasteiger partial charge in [0, 0.05) is 0 Å². The van der Waals surface area contributed by atoms with Crippen molar-refractivity contribution < 1.29 is 18.9 Å². The van der Waals surface area contributed by atoms with Crippen LogP contribution in [0.2, 0.25) is 0 Å². The van der Waals surface area contributed by atoms with Gasteiger partial charge < -0.3 is 18.9 Å². The first-order chi connectivity index (χ1) is 12.6. The van der Waals surface area contributed by atoms with Gasteiger partial charge in [0.05, 0.1) is 39.0 Å². The van der Waals surface area contributed by atoms with Gasteiger partial charge in [0.2, 0.25) is 5.75 Å². The van der Waals surface area contributed by atoms with Gasteiger partial charge in [0.25, 0.3) is 5.56 Å². The Morgan fingerprint density at radius 1 is 1.00 bits per heavy atom. The molecule has 0 radical (unpaired) electrons. The predicted molar refractivity (Wildman–Crippen MR) is 98.2 cm³/mol. The van der Waals surface area contributed by atoms with Crippen LogP contribution in [0.25, 0.3) is 16.6 Å². The highest BCUT2D eigenvalue weighted by Gasteiger charge is 2.19. The molecular weight excluding hydrogens is 336 g/mol. The van der Waals surface area contributed by atoms with Crippen molar-refractivity contribution in [1.82, 2.24) is 9.55 Å². The summed E-state index contributed by atoms with van der Waals surface area (Å²) >= 11 is 0. The standard InChI is InChI=1S/C19H20N2O5/c1-5-26-13-8-6-12(7-9-13)21-11-20-16-14(19(21)22)10-15(23-2)17(24-3)18(16)25-4/h6-11H,5H2,1-4H3. The Kier molecular flexibility index (Phi) is 4.97. The molecule has 26 heavy (non-hydrogen) atoms. The molecular formula is C19H20N2O5. The molecule has 7 nitrogen and oxygen atoms in total. The fraction of sp³-hybridized carbons (Fsp3) is 0.263. The molecule has 0 unspecified atom stereocenters. The minimum absolute atomic E-state index is 0.238. The summed E-state index contributed by atoms with van der Waals surface area (Å²) < 4.78 is 23.0. The smallest absolute Gasteiger partial charge is 0.266 e. The lowest BCUT2D eigenvalue weighted by atomic mass is 10.2. The zero-order chi connectivity index (χ0) is 18.7. The van der Waals surface area contributed by atoms with Gasteiger partial charge in [-0.1, -0.05) is 0 Å². The molecule has 0 aliphatic heterocycles. The number of fused-ring (bicyclic) bond motifs is 1. The Labute approximate surface area is 150 Å². The van der Waals surface area contributed by atoms with E-state index in [1.807, 2.05) is 19.1 Å². The monoisotopic (exact) mass is 356 g/mol. The summed E-state index contributed by atoms with van der Waals surface area (Å²) in [4.78, 5) is 17.4. The first-order valence-electron chi connectivity index (χ1n) is 8.08. The van der Waals surface area contributed by atoms with Crippen molar-refractivity contribution in [2.75, 3.05) is 27.9 Å². The van der Waals surface area contributed by atoms with Crippen molar-refractivity contribution in [1.29, 1.82) is 0 Å². The SMILES string of the molecule is CCOc1ccc(-n2cnc3c(OC)c(OC)c(OC)cc3c2=O)cc1. The number of rotatable bonds is 6. The number of hydrogen-bond acceptors (Lipinski definition) is 6. The topological polar surface area (TPSA) is 71.8 Å². The third-order valence-corrected chi connectivity index (χ3v) is 3.98. The van der Waals surface area contributed by atoms with Crippen LogP contribution < -0.4 is 24.5 Å². The fourth-order valence-electron chi connectivity index (χ4n) is 2.78. The summed E-state index contributed by atoms with van der Waals surface area (Å²) in [6, 6.07) is 8.84. The van der Waals surface area contributed by atoms with Crippen LogP contribution in [-0.4, -0.2) is 37.5 Å². The van der Waals surface area contributed by atoms with Crippen LogP contribution in [0.4, 0.5) is 0 Å². The summed E-state index contributed by atoms with van der Waals surface area (Å²) in [7, 11) is 4.51. The second-order valence-electron chi connectivity index (χ2n) is 5.39. The molecule has 0 atom stereocenters. The van der Waals surface area contributed by atoms with Crippen molar-refractivity contribution in [3.8, 4) is 28.7 Å². The zero-order valence-electron chi connectivity index (χ0n) is 15.1. The van der Waals surface area contributed by atoms with Gasteiger partial charge in [-0.15, -0.1) is 0 Å². The van der Waals surface area contributed by atoms with Crippen molar-refractivity contribution >= 4 is 10.9 Å². The van der Waals surface area contributed by atoms with E-state index in [1.165, 1.54) is 32.2 Å². The zero-order valence-corrected chi connectivity index (χ0v) is 15.1. The minimum Gasteiger partial charge on any atom is -0.494 e. The Balaban J connectivity index is 2.21. The molecule has 3 aromatic rings. The normalized spacial score (nSPS) is 10.6. The molecule has 0 amide bonds. The molecule has 3 rings (SSSR count). The molecule has 0 saturated heterocycles. The van der Waals surface area contributed by atoms with E-state index < -0.39 is 0 Å². The van der Waals surface area contributed by atoms with Gasteiger partial charge in [-0.3, -0.25) is 9.36 Å². The van der Waals surface area contributed by atoms with Crippen molar-refractivity contribution in [2.24, 2.45) is 0 Å². The van der Waals surface area contributed by atoms with Gasteiger partial charge in [-0.25, -0.2) is 4.98 Å². The molecule has 0 saturated carbocycles.